The highest BCUT2D eigenvalue weighted by Gasteiger charge is 2.35. The minimum absolute atomic E-state index is 0.229. The van der Waals surface area contributed by atoms with Gasteiger partial charge in [-0.05, 0) is 25.5 Å². The van der Waals surface area contributed by atoms with Gasteiger partial charge in [0.15, 0.2) is 0 Å². The Balaban J connectivity index is 1.82. The van der Waals surface area contributed by atoms with E-state index in [0.717, 1.165) is 27.4 Å². The summed E-state index contributed by atoms with van der Waals surface area (Å²) in [7, 11) is -3.45. The minimum Gasteiger partial charge on any atom is -0.264 e. The number of nitrogens with zero attached hydrogens (tertiary/aromatic N) is 5. The molecule has 4 rings (SSSR count). The number of nitroso groups, excluding NO2 is 1. The van der Waals surface area contributed by atoms with E-state index in [1.165, 1.54) is 27.0 Å². The molecule has 11 heteroatoms. The summed E-state index contributed by atoms with van der Waals surface area (Å²) in [6, 6.07) is 3.15. The zero-order valence-electron chi connectivity index (χ0n) is 14.5. The normalized spacial score (nSPS) is 17.0. The van der Waals surface area contributed by atoms with E-state index in [2.05, 4.69) is 20.1 Å². The fourth-order valence-corrected chi connectivity index (χ4v) is 6.51. The molecule has 1 atom stereocenters. The van der Waals surface area contributed by atoms with Crippen molar-refractivity contribution in [3.63, 3.8) is 0 Å². The highest BCUT2D eigenvalue weighted by atomic mass is 32.2. The molecule has 0 amide bonds. The second kappa shape index (κ2) is 6.73. The molecule has 0 saturated carbocycles. The second-order valence-electron chi connectivity index (χ2n) is 6.13. The molecule has 0 aliphatic carbocycles. The molecule has 0 aromatic carbocycles. The summed E-state index contributed by atoms with van der Waals surface area (Å²) >= 11 is 2.72. The average Bonchev–Trinajstić information content (AvgIpc) is 3.24. The maximum absolute atomic E-state index is 12.1. The molecule has 27 heavy (non-hydrogen) atoms. The number of pyridine rings is 1. The van der Waals surface area contributed by atoms with E-state index < -0.39 is 16.1 Å². The maximum atomic E-state index is 12.1. The van der Waals surface area contributed by atoms with Gasteiger partial charge >= 0.3 is 0 Å². The number of anilines is 1. The van der Waals surface area contributed by atoms with Crippen molar-refractivity contribution in [1.29, 1.82) is 0 Å². The Morgan fingerprint density at radius 2 is 2.07 bits per heavy atom. The standard InChI is InChI=1S/C16H15N5O3S3/c1-9-13(25-14(18-9)10-4-3-6-17-8-10)15-19-12-11(20-22)5-7-21(16(12)26-15)27(2,23)24/h3-4,6,8,11H,5,7H2,1-2H3. The number of fused-ring (bicyclic) bond motifs is 1. The lowest BCUT2D eigenvalue weighted by atomic mass is 10.1. The average molecular weight is 422 g/mol. The highest BCUT2D eigenvalue weighted by molar-refractivity contribution is 7.92. The Morgan fingerprint density at radius 1 is 1.26 bits per heavy atom. The lowest BCUT2D eigenvalue weighted by Gasteiger charge is -2.27. The summed E-state index contributed by atoms with van der Waals surface area (Å²) in [4.78, 5) is 25.4. The third-order valence-electron chi connectivity index (χ3n) is 4.21. The predicted octanol–water partition coefficient (Wildman–Crippen LogP) is 3.61. The van der Waals surface area contributed by atoms with Gasteiger partial charge in [0, 0.05) is 24.5 Å². The van der Waals surface area contributed by atoms with Crippen LogP contribution in [0.5, 0.6) is 0 Å². The van der Waals surface area contributed by atoms with Crippen molar-refractivity contribution in [3.05, 3.63) is 40.8 Å². The molecular weight excluding hydrogens is 406 g/mol. The number of thiazole rings is 2. The van der Waals surface area contributed by atoms with Gasteiger partial charge in [-0.25, -0.2) is 18.4 Å². The third kappa shape index (κ3) is 3.26. The first-order chi connectivity index (χ1) is 12.9. The maximum Gasteiger partial charge on any atom is 0.232 e. The van der Waals surface area contributed by atoms with Gasteiger partial charge in [0.2, 0.25) is 10.0 Å². The van der Waals surface area contributed by atoms with E-state index >= 15 is 0 Å². The van der Waals surface area contributed by atoms with Crippen LogP contribution in [0, 0.1) is 11.8 Å². The van der Waals surface area contributed by atoms with Crippen molar-refractivity contribution in [1.82, 2.24) is 15.0 Å². The first-order valence-electron chi connectivity index (χ1n) is 8.07. The molecule has 1 aliphatic heterocycles. The van der Waals surface area contributed by atoms with E-state index in [9.17, 15) is 13.3 Å². The fourth-order valence-electron chi connectivity index (χ4n) is 2.92. The Kier molecular flexibility index (Phi) is 4.52. The van der Waals surface area contributed by atoms with Crippen LogP contribution < -0.4 is 4.31 Å². The van der Waals surface area contributed by atoms with Gasteiger partial charge in [0.05, 0.1) is 16.8 Å². The van der Waals surface area contributed by atoms with Crippen LogP contribution in [0.1, 0.15) is 23.9 Å². The van der Waals surface area contributed by atoms with E-state index in [0.29, 0.717) is 22.1 Å². The van der Waals surface area contributed by atoms with E-state index in [1.54, 1.807) is 12.4 Å². The van der Waals surface area contributed by atoms with Gasteiger partial charge in [0.25, 0.3) is 0 Å². The number of aryl methyl sites for hydroxylation is 1. The number of sulfonamides is 1. The Hall–Kier alpha value is -2.24. The SMILES string of the molecule is Cc1nc(-c2cccnc2)sc1-c1nc2c(s1)N(S(C)(=O)=O)CCC2N=O. The van der Waals surface area contributed by atoms with Crippen LogP contribution in [0.15, 0.2) is 29.7 Å². The number of hydrogen-bond donors (Lipinski definition) is 0. The van der Waals surface area contributed by atoms with Gasteiger partial charge < -0.3 is 0 Å². The van der Waals surface area contributed by atoms with Crippen LogP contribution in [-0.4, -0.2) is 36.2 Å². The van der Waals surface area contributed by atoms with Crippen molar-refractivity contribution < 1.29 is 8.42 Å². The predicted molar refractivity (Wildman–Crippen MR) is 107 cm³/mol. The van der Waals surface area contributed by atoms with Crippen LogP contribution in [0.2, 0.25) is 0 Å². The molecule has 0 radical (unpaired) electrons. The number of aromatic nitrogens is 3. The van der Waals surface area contributed by atoms with Crippen molar-refractivity contribution in [3.8, 4) is 20.5 Å². The molecular formula is C16H15N5O3S3. The molecule has 0 bridgehead atoms. The van der Waals surface area contributed by atoms with Crippen molar-refractivity contribution >= 4 is 37.7 Å². The molecule has 0 spiro atoms. The van der Waals surface area contributed by atoms with Crippen molar-refractivity contribution in [2.24, 2.45) is 5.18 Å². The Morgan fingerprint density at radius 3 is 2.74 bits per heavy atom. The van der Waals surface area contributed by atoms with Crippen LogP contribution in [0.4, 0.5) is 5.00 Å². The van der Waals surface area contributed by atoms with Crippen molar-refractivity contribution in [2.45, 2.75) is 19.4 Å². The lowest BCUT2D eigenvalue weighted by molar-refractivity contribution is 0.576. The highest BCUT2D eigenvalue weighted by Crippen LogP contribution is 2.46. The number of rotatable bonds is 4. The van der Waals surface area contributed by atoms with Crippen molar-refractivity contribution in [2.75, 3.05) is 17.1 Å². The molecule has 0 fully saturated rings. The van der Waals surface area contributed by atoms with Crippen LogP contribution in [0.25, 0.3) is 20.5 Å². The molecule has 0 saturated heterocycles. The second-order valence-corrected chi connectivity index (χ2v) is 10.0. The molecule has 1 unspecified atom stereocenters. The van der Waals surface area contributed by atoms with Crippen LogP contribution >= 0.6 is 22.7 Å². The van der Waals surface area contributed by atoms with Gasteiger partial charge in [-0.2, -0.15) is 4.91 Å². The molecule has 1 aliphatic rings. The van der Waals surface area contributed by atoms with E-state index in [1.807, 2.05) is 19.1 Å². The van der Waals surface area contributed by atoms with Crippen LogP contribution in [-0.2, 0) is 10.0 Å². The van der Waals surface area contributed by atoms with Crippen LogP contribution in [0.3, 0.4) is 0 Å². The Bertz CT molecular complexity index is 1110. The quantitative estimate of drug-likeness (QED) is 0.596. The largest absolute Gasteiger partial charge is 0.264 e. The molecule has 0 N–H and O–H groups in total. The van der Waals surface area contributed by atoms with E-state index in [4.69, 9.17) is 0 Å². The van der Waals surface area contributed by atoms with E-state index in [-0.39, 0.29) is 6.54 Å². The van der Waals surface area contributed by atoms with Gasteiger partial charge in [-0.3, -0.25) is 9.29 Å². The summed E-state index contributed by atoms with van der Waals surface area (Å²) in [6.45, 7) is 2.11. The van der Waals surface area contributed by atoms with Gasteiger partial charge in [-0.15, -0.1) is 11.3 Å². The first kappa shape index (κ1) is 18.1. The Labute approximate surface area is 164 Å². The first-order valence-corrected chi connectivity index (χ1v) is 11.6. The topological polar surface area (TPSA) is 105 Å². The molecule has 3 aromatic rings. The molecule has 3 aromatic heterocycles. The summed E-state index contributed by atoms with van der Waals surface area (Å²) < 4.78 is 25.6. The summed E-state index contributed by atoms with van der Waals surface area (Å²) in [5, 5.41) is 5.07. The third-order valence-corrected chi connectivity index (χ3v) is 7.94. The molecule has 8 nitrogen and oxygen atoms in total. The molecule has 4 heterocycles. The summed E-state index contributed by atoms with van der Waals surface area (Å²) in [5.41, 5.74) is 2.13. The smallest absolute Gasteiger partial charge is 0.232 e. The molecule has 140 valence electrons. The zero-order valence-corrected chi connectivity index (χ0v) is 16.9. The monoisotopic (exact) mass is 421 g/mol. The zero-order chi connectivity index (χ0) is 19.2. The number of hydrogen-bond acceptors (Lipinski definition) is 9. The minimum atomic E-state index is -3.45. The van der Waals surface area contributed by atoms with Gasteiger partial charge in [0.1, 0.15) is 26.8 Å². The van der Waals surface area contributed by atoms with Gasteiger partial charge in [-0.1, -0.05) is 16.5 Å². The summed E-state index contributed by atoms with van der Waals surface area (Å²) in [6.07, 6.45) is 4.93. The lowest BCUT2D eigenvalue weighted by Crippen LogP contribution is -2.34. The summed E-state index contributed by atoms with van der Waals surface area (Å²) in [5.74, 6) is 0. The fraction of sp³-hybridized carbons (Fsp3) is 0.312.